The summed E-state index contributed by atoms with van der Waals surface area (Å²) in [4.78, 5) is 10.7. The van der Waals surface area contributed by atoms with Gasteiger partial charge >= 0.3 is 0 Å². The molecule has 0 aliphatic heterocycles. The summed E-state index contributed by atoms with van der Waals surface area (Å²) >= 11 is 0. The van der Waals surface area contributed by atoms with E-state index in [0.29, 0.717) is 5.95 Å². The molecule has 3 aromatic heterocycles. The minimum Gasteiger partial charge on any atom is -0.308 e. The minimum absolute atomic E-state index is 0.652. The first kappa shape index (κ1) is 28.8. The number of hydrogen-bond acceptors (Lipinski definition) is 2. The van der Waals surface area contributed by atoms with Gasteiger partial charge in [0.1, 0.15) is 0 Å². The second-order valence-electron chi connectivity index (χ2n) is 13.4. The van der Waals surface area contributed by atoms with Crippen LogP contribution in [-0.2, 0) is 0 Å². The van der Waals surface area contributed by atoms with Crippen molar-refractivity contribution in [2.75, 3.05) is 0 Å². The van der Waals surface area contributed by atoms with Gasteiger partial charge in [-0.1, -0.05) is 152 Å². The van der Waals surface area contributed by atoms with Gasteiger partial charge in [0.15, 0.2) is 0 Å². The molecule has 0 aliphatic rings. The fourth-order valence-electron chi connectivity index (χ4n) is 8.21. The molecular weight excluding hydrogens is 633 g/mol. The SMILES string of the molecule is c1ccc(-c2ccc(-c3nc(-n4c5ccccc5c5c4ccc4c6ccccc6n(-c6cccc7ccccc67)c45)nc4ccccc34)cc2)cc1. The Hall–Kier alpha value is -7.04. The van der Waals surface area contributed by atoms with Crippen molar-refractivity contribution in [2.45, 2.75) is 0 Å². The van der Waals surface area contributed by atoms with Crippen molar-refractivity contribution in [3.05, 3.63) is 182 Å². The van der Waals surface area contributed by atoms with Crippen LogP contribution in [0.15, 0.2) is 182 Å². The van der Waals surface area contributed by atoms with Gasteiger partial charge in [0.2, 0.25) is 5.95 Å². The molecule has 0 unspecified atom stereocenters. The van der Waals surface area contributed by atoms with Gasteiger partial charge in [-0.3, -0.25) is 4.57 Å². The molecule has 0 atom stereocenters. The summed E-state index contributed by atoms with van der Waals surface area (Å²) in [5.74, 6) is 0.652. The maximum atomic E-state index is 5.41. The Labute approximate surface area is 299 Å². The van der Waals surface area contributed by atoms with Crippen LogP contribution in [0.3, 0.4) is 0 Å². The zero-order chi connectivity index (χ0) is 34.2. The molecule has 0 N–H and O–H groups in total. The monoisotopic (exact) mass is 662 g/mol. The molecule has 0 fully saturated rings. The fraction of sp³-hybridized carbons (Fsp3) is 0. The molecule has 242 valence electrons. The van der Waals surface area contributed by atoms with E-state index in [2.05, 4.69) is 191 Å². The van der Waals surface area contributed by atoms with Gasteiger partial charge < -0.3 is 4.57 Å². The predicted molar refractivity (Wildman–Crippen MR) is 217 cm³/mol. The zero-order valence-electron chi connectivity index (χ0n) is 28.1. The fourth-order valence-corrected chi connectivity index (χ4v) is 8.21. The molecular formula is C48H30N4. The zero-order valence-corrected chi connectivity index (χ0v) is 28.1. The van der Waals surface area contributed by atoms with Crippen molar-refractivity contribution in [3.8, 4) is 34.0 Å². The Morgan fingerprint density at radius 3 is 1.79 bits per heavy atom. The summed E-state index contributed by atoms with van der Waals surface area (Å²) < 4.78 is 4.72. The van der Waals surface area contributed by atoms with Gasteiger partial charge in [-0.25, -0.2) is 9.97 Å². The van der Waals surface area contributed by atoms with Crippen molar-refractivity contribution < 1.29 is 0 Å². The molecule has 0 bridgehead atoms. The quantitative estimate of drug-likeness (QED) is 0.188. The number of benzene rings is 8. The van der Waals surface area contributed by atoms with Crippen LogP contribution in [0.1, 0.15) is 0 Å². The van der Waals surface area contributed by atoms with Crippen LogP contribution in [0.4, 0.5) is 0 Å². The van der Waals surface area contributed by atoms with E-state index < -0.39 is 0 Å². The lowest BCUT2D eigenvalue weighted by Crippen LogP contribution is -2.03. The summed E-state index contributed by atoms with van der Waals surface area (Å²) in [6.07, 6.45) is 0. The number of aromatic nitrogens is 4. The average molecular weight is 663 g/mol. The third-order valence-corrected chi connectivity index (χ3v) is 10.5. The maximum absolute atomic E-state index is 5.41. The molecule has 11 rings (SSSR count). The van der Waals surface area contributed by atoms with E-state index in [1.165, 1.54) is 49.1 Å². The van der Waals surface area contributed by atoms with Crippen LogP contribution in [0, 0.1) is 0 Å². The molecule has 3 heterocycles. The average Bonchev–Trinajstić information content (AvgIpc) is 3.73. The molecule has 11 aromatic rings. The van der Waals surface area contributed by atoms with Crippen molar-refractivity contribution in [1.29, 1.82) is 0 Å². The molecule has 8 aromatic carbocycles. The Bertz CT molecular complexity index is 3160. The normalized spacial score (nSPS) is 11.8. The summed E-state index contributed by atoms with van der Waals surface area (Å²) in [6, 6.07) is 64.8. The van der Waals surface area contributed by atoms with Crippen molar-refractivity contribution in [3.63, 3.8) is 0 Å². The number of rotatable bonds is 4. The number of fused-ring (bicyclic) bond motifs is 9. The van der Waals surface area contributed by atoms with Gasteiger partial charge in [-0.2, -0.15) is 0 Å². The van der Waals surface area contributed by atoms with E-state index in [4.69, 9.17) is 9.97 Å². The maximum Gasteiger partial charge on any atom is 0.235 e. The second-order valence-corrected chi connectivity index (χ2v) is 13.4. The standard InChI is InChI=1S/C48H30N4/c1-2-13-31(14-3-1)32-25-27-34(28-26-32)46-38-19-6-9-21-40(38)49-48(50-46)52-43-23-11-8-20-39(43)45-44(52)30-29-37-36-18-7-10-22-42(36)51(47(37)45)41-24-12-16-33-15-4-5-17-35(33)41/h1-30H. The first-order valence-corrected chi connectivity index (χ1v) is 17.7. The van der Waals surface area contributed by atoms with Crippen LogP contribution in [0.2, 0.25) is 0 Å². The first-order chi connectivity index (χ1) is 25.8. The molecule has 0 aliphatic carbocycles. The van der Waals surface area contributed by atoms with Crippen molar-refractivity contribution in [1.82, 2.24) is 19.1 Å². The summed E-state index contributed by atoms with van der Waals surface area (Å²) in [6.45, 7) is 0. The predicted octanol–water partition coefficient (Wildman–Crippen LogP) is 12.3. The van der Waals surface area contributed by atoms with E-state index in [1.807, 2.05) is 0 Å². The van der Waals surface area contributed by atoms with Gasteiger partial charge in [-0.15, -0.1) is 0 Å². The minimum atomic E-state index is 0.652. The highest BCUT2D eigenvalue weighted by Crippen LogP contribution is 2.43. The third-order valence-electron chi connectivity index (χ3n) is 10.5. The van der Waals surface area contributed by atoms with Crippen LogP contribution in [0.5, 0.6) is 0 Å². The van der Waals surface area contributed by atoms with Gasteiger partial charge in [0.25, 0.3) is 0 Å². The van der Waals surface area contributed by atoms with Crippen LogP contribution >= 0.6 is 0 Å². The summed E-state index contributed by atoms with van der Waals surface area (Å²) in [7, 11) is 0. The van der Waals surface area contributed by atoms with Crippen molar-refractivity contribution >= 4 is 65.3 Å². The molecule has 0 saturated carbocycles. The number of nitrogens with zero attached hydrogens (tertiary/aromatic N) is 4. The lowest BCUT2D eigenvalue weighted by Gasteiger charge is -2.13. The van der Waals surface area contributed by atoms with E-state index in [0.717, 1.165) is 44.3 Å². The Balaban J connectivity index is 1.22. The molecule has 0 spiro atoms. The van der Waals surface area contributed by atoms with Crippen molar-refractivity contribution in [2.24, 2.45) is 0 Å². The largest absolute Gasteiger partial charge is 0.308 e. The lowest BCUT2D eigenvalue weighted by atomic mass is 10.0. The molecule has 0 radical (unpaired) electrons. The Kier molecular flexibility index (Phi) is 6.22. The summed E-state index contributed by atoms with van der Waals surface area (Å²) in [5, 5.41) is 8.26. The van der Waals surface area contributed by atoms with E-state index >= 15 is 0 Å². The third kappa shape index (κ3) is 4.21. The smallest absolute Gasteiger partial charge is 0.235 e. The lowest BCUT2D eigenvalue weighted by molar-refractivity contribution is 1.01. The van der Waals surface area contributed by atoms with E-state index in [1.54, 1.807) is 0 Å². The first-order valence-electron chi connectivity index (χ1n) is 17.7. The highest BCUT2D eigenvalue weighted by Gasteiger charge is 2.23. The molecule has 52 heavy (non-hydrogen) atoms. The Morgan fingerprint density at radius 2 is 0.962 bits per heavy atom. The molecule has 0 amide bonds. The highest BCUT2D eigenvalue weighted by molar-refractivity contribution is 6.26. The van der Waals surface area contributed by atoms with Crippen LogP contribution in [0.25, 0.3) is 99.3 Å². The topological polar surface area (TPSA) is 35.6 Å². The van der Waals surface area contributed by atoms with E-state index in [9.17, 15) is 0 Å². The Morgan fingerprint density at radius 1 is 0.346 bits per heavy atom. The highest BCUT2D eigenvalue weighted by atomic mass is 15.2. The van der Waals surface area contributed by atoms with Gasteiger partial charge in [-0.05, 0) is 46.8 Å². The van der Waals surface area contributed by atoms with Crippen LogP contribution < -0.4 is 0 Å². The molecule has 4 nitrogen and oxygen atoms in total. The number of para-hydroxylation sites is 3. The van der Waals surface area contributed by atoms with Gasteiger partial charge in [0, 0.05) is 37.9 Å². The van der Waals surface area contributed by atoms with Crippen LogP contribution in [-0.4, -0.2) is 19.1 Å². The second kappa shape index (κ2) is 11.2. The molecule has 0 saturated heterocycles. The van der Waals surface area contributed by atoms with E-state index in [-0.39, 0.29) is 0 Å². The number of hydrogen-bond donors (Lipinski definition) is 0. The summed E-state index contributed by atoms with van der Waals surface area (Å²) in [5.41, 5.74) is 10.9. The van der Waals surface area contributed by atoms with Gasteiger partial charge in [0.05, 0.1) is 39.0 Å². The molecule has 4 heteroatoms.